The molecule has 0 aliphatic carbocycles. The van der Waals surface area contributed by atoms with E-state index in [1.54, 1.807) is 13.0 Å². The number of hydrogen-bond donors (Lipinski definition) is 1. The van der Waals surface area contributed by atoms with Gasteiger partial charge in [-0.3, -0.25) is 14.9 Å². The Labute approximate surface area is 147 Å². The molecule has 23 heavy (non-hydrogen) atoms. The second-order valence-corrected chi connectivity index (χ2v) is 5.69. The van der Waals surface area contributed by atoms with Crippen molar-refractivity contribution in [2.45, 2.75) is 39.8 Å². The highest BCUT2D eigenvalue weighted by Crippen LogP contribution is 2.25. The van der Waals surface area contributed by atoms with Crippen LogP contribution in [-0.2, 0) is 16.1 Å². The predicted octanol–water partition coefficient (Wildman–Crippen LogP) is 3.74. The van der Waals surface area contributed by atoms with Gasteiger partial charge < -0.3 is 10.1 Å². The normalized spacial score (nSPS) is 11.7. The number of ether oxygens (including phenoxy) is 1. The van der Waals surface area contributed by atoms with Gasteiger partial charge in [0.1, 0.15) is 5.02 Å². The van der Waals surface area contributed by atoms with Crippen molar-refractivity contribution in [1.82, 2.24) is 5.32 Å². The molecular formula is C15H22Cl2N2O4. The summed E-state index contributed by atoms with van der Waals surface area (Å²) in [6.45, 7) is 6.54. The van der Waals surface area contributed by atoms with Crippen LogP contribution in [0.4, 0.5) is 5.69 Å². The lowest BCUT2D eigenvalue weighted by Crippen LogP contribution is -2.36. The Bertz CT molecular complexity index is 538. The average molecular weight is 365 g/mol. The smallest absolute Gasteiger partial charge is 0.307 e. The van der Waals surface area contributed by atoms with E-state index in [9.17, 15) is 14.9 Å². The molecule has 1 atom stereocenters. The quantitative estimate of drug-likeness (QED) is 0.431. The second-order valence-electron chi connectivity index (χ2n) is 5.28. The van der Waals surface area contributed by atoms with Gasteiger partial charge in [-0.05, 0) is 24.5 Å². The van der Waals surface area contributed by atoms with Crippen molar-refractivity contribution in [3.05, 3.63) is 38.9 Å². The summed E-state index contributed by atoms with van der Waals surface area (Å²) in [4.78, 5) is 22.0. The fraction of sp³-hybridized carbons (Fsp3) is 0.533. The molecule has 1 N–H and O–H groups in total. The van der Waals surface area contributed by atoms with Crippen LogP contribution in [0.5, 0.6) is 0 Å². The maximum Gasteiger partial charge on any atom is 0.307 e. The van der Waals surface area contributed by atoms with E-state index in [2.05, 4.69) is 5.32 Å². The number of halogens is 2. The van der Waals surface area contributed by atoms with E-state index >= 15 is 0 Å². The number of carbonyl (C=O) groups excluding carboxylic acids is 1. The van der Waals surface area contributed by atoms with E-state index in [-0.39, 0.29) is 47.5 Å². The lowest BCUT2D eigenvalue weighted by atomic mass is 10.0. The van der Waals surface area contributed by atoms with E-state index in [0.29, 0.717) is 13.2 Å². The van der Waals surface area contributed by atoms with Crippen molar-refractivity contribution in [2.75, 3.05) is 6.61 Å². The van der Waals surface area contributed by atoms with Crippen LogP contribution in [0.1, 0.15) is 32.8 Å². The van der Waals surface area contributed by atoms with E-state index < -0.39 is 4.92 Å². The molecule has 0 bridgehead atoms. The molecule has 0 heterocycles. The minimum absolute atomic E-state index is 0. The zero-order chi connectivity index (χ0) is 16.7. The molecule has 130 valence electrons. The molecule has 1 unspecified atom stereocenters. The number of nitro groups is 1. The molecule has 0 fully saturated rings. The third kappa shape index (κ3) is 7.16. The van der Waals surface area contributed by atoms with Crippen molar-refractivity contribution in [2.24, 2.45) is 5.92 Å². The van der Waals surface area contributed by atoms with Crippen LogP contribution in [0, 0.1) is 16.0 Å². The lowest BCUT2D eigenvalue weighted by Gasteiger charge is -2.21. The van der Waals surface area contributed by atoms with E-state index in [4.69, 9.17) is 16.3 Å². The molecule has 0 aromatic heterocycles. The number of nitrogens with zero attached hydrogens (tertiary/aromatic N) is 1. The fourth-order valence-corrected chi connectivity index (χ4v) is 2.19. The standard InChI is InChI=1S/C15H21ClN2O4.ClH/c1-4-22-15(19)8-13(10(2)3)17-9-11-5-6-12(16)14(7-11)18(20)21;/h5-7,10,13,17H,4,8-9H2,1-3H3;1H. The molecule has 0 aliphatic rings. The van der Waals surface area contributed by atoms with Gasteiger partial charge in [-0.1, -0.05) is 31.5 Å². The Morgan fingerprint density at radius 2 is 2.09 bits per heavy atom. The highest BCUT2D eigenvalue weighted by molar-refractivity contribution is 6.32. The van der Waals surface area contributed by atoms with Crippen LogP contribution in [0.15, 0.2) is 18.2 Å². The summed E-state index contributed by atoms with van der Waals surface area (Å²) in [5.74, 6) is -0.0255. The zero-order valence-corrected chi connectivity index (χ0v) is 14.9. The van der Waals surface area contributed by atoms with Gasteiger partial charge in [-0.25, -0.2) is 0 Å². The van der Waals surface area contributed by atoms with Crippen molar-refractivity contribution in [1.29, 1.82) is 0 Å². The summed E-state index contributed by atoms with van der Waals surface area (Å²) < 4.78 is 4.96. The monoisotopic (exact) mass is 364 g/mol. The third-order valence-electron chi connectivity index (χ3n) is 3.27. The SMILES string of the molecule is CCOC(=O)CC(NCc1ccc(Cl)c([N+](=O)[O-])c1)C(C)C.Cl. The fourth-order valence-electron chi connectivity index (χ4n) is 2.00. The molecule has 0 amide bonds. The first-order valence-corrected chi connectivity index (χ1v) is 7.54. The Morgan fingerprint density at radius 1 is 1.43 bits per heavy atom. The summed E-state index contributed by atoms with van der Waals surface area (Å²) in [5, 5.41) is 14.2. The van der Waals surface area contributed by atoms with Gasteiger partial charge in [0.05, 0.1) is 18.0 Å². The first-order valence-electron chi connectivity index (χ1n) is 7.17. The highest BCUT2D eigenvalue weighted by Gasteiger charge is 2.19. The van der Waals surface area contributed by atoms with Gasteiger partial charge in [0.15, 0.2) is 0 Å². The minimum Gasteiger partial charge on any atom is -0.466 e. The molecule has 0 saturated carbocycles. The van der Waals surface area contributed by atoms with Gasteiger partial charge >= 0.3 is 5.97 Å². The van der Waals surface area contributed by atoms with Crippen molar-refractivity contribution in [3.63, 3.8) is 0 Å². The first kappa shape index (κ1) is 21.6. The van der Waals surface area contributed by atoms with Crippen molar-refractivity contribution in [3.8, 4) is 0 Å². The molecule has 0 radical (unpaired) electrons. The Balaban J connectivity index is 0.00000484. The summed E-state index contributed by atoms with van der Waals surface area (Å²) in [6, 6.07) is 4.61. The van der Waals surface area contributed by atoms with Gasteiger partial charge in [-0.15, -0.1) is 12.4 Å². The summed E-state index contributed by atoms with van der Waals surface area (Å²) in [7, 11) is 0. The number of rotatable bonds is 8. The second kappa shape index (κ2) is 10.4. The number of hydrogen-bond acceptors (Lipinski definition) is 5. The van der Waals surface area contributed by atoms with Crippen LogP contribution in [-0.4, -0.2) is 23.5 Å². The number of benzene rings is 1. The van der Waals surface area contributed by atoms with Gasteiger partial charge in [0.2, 0.25) is 0 Å². The number of esters is 1. The molecule has 1 aromatic carbocycles. The van der Waals surface area contributed by atoms with E-state index in [0.717, 1.165) is 5.56 Å². The van der Waals surface area contributed by atoms with Gasteiger partial charge in [-0.2, -0.15) is 0 Å². The summed E-state index contributed by atoms with van der Waals surface area (Å²) in [5.41, 5.74) is 0.623. The van der Waals surface area contributed by atoms with Crippen LogP contribution in [0.2, 0.25) is 5.02 Å². The molecule has 1 aromatic rings. The van der Waals surface area contributed by atoms with E-state index in [1.807, 2.05) is 13.8 Å². The summed E-state index contributed by atoms with van der Waals surface area (Å²) >= 11 is 5.78. The Hall–Kier alpha value is -1.37. The Kier molecular flexibility index (Phi) is 9.79. The molecular weight excluding hydrogens is 343 g/mol. The van der Waals surface area contributed by atoms with Crippen LogP contribution < -0.4 is 5.32 Å². The highest BCUT2D eigenvalue weighted by atomic mass is 35.5. The maximum atomic E-state index is 11.6. The first-order chi connectivity index (χ1) is 10.3. The number of carbonyl (C=O) groups is 1. The average Bonchev–Trinajstić information content (AvgIpc) is 2.44. The van der Waals surface area contributed by atoms with Crippen molar-refractivity contribution >= 4 is 35.7 Å². The maximum absolute atomic E-state index is 11.6. The zero-order valence-electron chi connectivity index (χ0n) is 13.4. The number of nitro benzene ring substituents is 1. The van der Waals surface area contributed by atoms with Gasteiger partial charge in [0.25, 0.3) is 5.69 Å². The topological polar surface area (TPSA) is 81.5 Å². The molecule has 0 spiro atoms. The lowest BCUT2D eigenvalue weighted by molar-refractivity contribution is -0.384. The summed E-state index contributed by atoms with van der Waals surface area (Å²) in [6.07, 6.45) is 0.265. The molecule has 0 aliphatic heterocycles. The molecule has 8 heteroatoms. The van der Waals surface area contributed by atoms with Crippen LogP contribution in [0.3, 0.4) is 0 Å². The predicted molar refractivity (Wildman–Crippen MR) is 92.1 cm³/mol. The Morgan fingerprint density at radius 3 is 2.61 bits per heavy atom. The molecule has 1 rings (SSSR count). The minimum atomic E-state index is -0.510. The van der Waals surface area contributed by atoms with E-state index in [1.165, 1.54) is 12.1 Å². The van der Waals surface area contributed by atoms with Gasteiger partial charge in [0, 0.05) is 18.7 Å². The van der Waals surface area contributed by atoms with Crippen molar-refractivity contribution < 1.29 is 14.5 Å². The molecule has 6 nitrogen and oxygen atoms in total. The molecule has 0 saturated heterocycles. The van der Waals surface area contributed by atoms with Crippen LogP contribution >= 0.6 is 24.0 Å². The third-order valence-corrected chi connectivity index (χ3v) is 3.59. The van der Waals surface area contributed by atoms with Crippen LogP contribution in [0.25, 0.3) is 0 Å². The largest absolute Gasteiger partial charge is 0.466 e. The number of nitrogens with one attached hydrogen (secondary N) is 1.